The molecule has 1 heterocycles. The first-order chi connectivity index (χ1) is 7.25. The van der Waals surface area contributed by atoms with Gasteiger partial charge in [0.25, 0.3) is 0 Å². The van der Waals surface area contributed by atoms with Gasteiger partial charge >= 0.3 is 0 Å². The third-order valence-electron chi connectivity index (χ3n) is 2.57. The summed E-state index contributed by atoms with van der Waals surface area (Å²) < 4.78 is 1.14. The highest BCUT2D eigenvalue weighted by atomic mass is 79.9. The summed E-state index contributed by atoms with van der Waals surface area (Å²) >= 11 is 5.15. The fraction of sp³-hybridized carbons (Fsp3) is 0.500. The lowest BCUT2D eigenvalue weighted by molar-refractivity contribution is 0.382. The Morgan fingerprint density at radius 3 is 3.00 bits per heavy atom. The van der Waals surface area contributed by atoms with Crippen LogP contribution in [0.3, 0.4) is 0 Å². The lowest BCUT2D eigenvalue weighted by Gasteiger charge is -2.26. The lowest BCUT2D eigenvalue weighted by atomic mass is 9.93. The molecule has 0 bridgehead atoms. The molecule has 0 unspecified atom stereocenters. The Morgan fingerprint density at radius 2 is 2.47 bits per heavy atom. The zero-order valence-electron chi connectivity index (χ0n) is 8.37. The number of aliphatic imine (C=N–C) groups is 1. The van der Waals surface area contributed by atoms with Crippen molar-refractivity contribution in [3.8, 4) is 0 Å². The molecule has 3 N–H and O–H groups in total. The average molecular weight is 288 g/mol. The van der Waals surface area contributed by atoms with E-state index in [-0.39, 0.29) is 0 Å². The molecule has 2 rings (SSSR count). The summed E-state index contributed by atoms with van der Waals surface area (Å²) in [5.41, 5.74) is 6.97. The number of guanidine groups is 1. The number of hydrogen-bond donors (Lipinski definition) is 2. The van der Waals surface area contributed by atoms with Gasteiger partial charge in [-0.25, -0.2) is 4.99 Å². The van der Waals surface area contributed by atoms with Crippen LogP contribution in [-0.4, -0.2) is 12.0 Å². The van der Waals surface area contributed by atoms with E-state index in [0.29, 0.717) is 18.5 Å². The molecule has 1 fully saturated rings. The first kappa shape index (κ1) is 11.0. The molecular formula is C10H14BrN3S. The van der Waals surface area contributed by atoms with Crippen LogP contribution in [0.5, 0.6) is 0 Å². The van der Waals surface area contributed by atoms with Crippen LogP contribution < -0.4 is 11.1 Å². The van der Waals surface area contributed by atoms with Gasteiger partial charge in [-0.1, -0.05) is 0 Å². The summed E-state index contributed by atoms with van der Waals surface area (Å²) in [6, 6.07) is 2.62. The van der Waals surface area contributed by atoms with Gasteiger partial charge in [-0.2, -0.15) is 0 Å². The molecule has 5 heteroatoms. The van der Waals surface area contributed by atoms with Crippen LogP contribution in [0.1, 0.15) is 24.8 Å². The van der Waals surface area contributed by atoms with E-state index in [1.165, 1.54) is 24.8 Å². The second-order valence-electron chi connectivity index (χ2n) is 3.69. The molecule has 1 aromatic rings. The van der Waals surface area contributed by atoms with Crippen molar-refractivity contribution < 1.29 is 0 Å². The van der Waals surface area contributed by atoms with Crippen LogP contribution in [0.2, 0.25) is 0 Å². The quantitative estimate of drug-likeness (QED) is 0.663. The molecule has 1 saturated carbocycles. The number of hydrogen-bond acceptors (Lipinski definition) is 2. The van der Waals surface area contributed by atoms with E-state index in [4.69, 9.17) is 5.73 Å². The molecule has 0 atom stereocenters. The van der Waals surface area contributed by atoms with Gasteiger partial charge < -0.3 is 11.1 Å². The van der Waals surface area contributed by atoms with Crippen molar-refractivity contribution in [1.29, 1.82) is 0 Å². The summed E-state index contributed by atoms with van der Waals surface area (Å²) in [5.74, 6) is 0.567. The molecule has 15 heavy (non-hydrogen) atoms. The highest BCUT2D eigenvalue weighted by molar-refractivity contribution is 9.11. The number of halogens is 1. The van der Waals surface area contributed by atoms with Crippen LogP contribution in [0.15, 0.2) is 20.2 Å². The molecule has 1 aliphatic rings. The summed E-state index contributed by atoms with van der Waals surface area (Å²) in [5, 5.41) is 5.26. The average Bonchev–Trinajstić information content (AvgIpc) is 2.55. The Morgan fingerprint density at radius 1 is 1.67 bits per heavy atom. The van der Waals surface area contributed by atoms with Gasteiger partial charge in [-0.15, -0.1) is 11.3 Å². The first-order valence-electron chi connectivity index (χ1n) is 5.04. The zero-order chi connectivity index (χ0) is 10.7. The van der Waals surface area contributed by atoms with Crippen molar-refractivity contribution >= 4 is 33.2 Å². The van der Waals surface area contributed by atoms with Gasteiger partial charge in [0, 0.05) is 6.04 Å². The predicted molar refractivity (Wildman–Crippen MR) is 68.1 cm³/mol. The monoisotopic (exact) mass is 287 g/mol. The zero-order valence-corrected chi connectivity index (χ0v) is 10.8. The van der Waals surface area contributed by atoms with Crippen LogP contribution in [0.4, 0.5) is 0 Å². The second-order valence-corrected chi connectivity index (χ2v) is 5.93. The largest absolute Gasteiger partial charge is 0.370 e. The Kier molecular flexibility index (Phi) is 3.64. The van der Waals surface area contributed by atoms with Crippen molar-refractivity contribution in [2.24, 2.45) is 10.7 Å². The number of thiophene rings is 1. The van der Waals surface area contributed by atoms with Crippen molar-refractivity contribution in [3.63, 3.8) is 0 Å². The topological polar surface area (TPSA) is 50.4 Å². The summed E-state index contributed by atoms with van der Waals surface area (Å²) in [7, 11) is 0. The minimum Gasteiger partial charge on any atom is -0.370 e. The number of nitrogens with zero attached hydrogens (tertiary/aromatic N) is 1. The van der Waals surface area contributed by atoms with Crippen molar-refractivity contribution in [2.75, 3.05) is 0 Å². The SMILES string of the molecule is NC(=NCc1ccsc1Br)NC1CCC1. The van der Waals surface area contributed by atoms with E-state index in [2.05, 4.69) is 32.3 Å². The van der Waals surface area contributed by atoms with Gasteiger partial charge in [0.1, 0.15) is 0 Å². The maximum atomic E-state index is 5.78. The third kappa shape index (κ3) is 2.95. The van der Waals surface area contributed by atoms with E-state index in [0.717, 1.165) is 3.79 Å². The molecule has 3 nitrogen and oxygen atoms in total. The molecule has 0 aliphatic heterocycles. The molecular weight excluding hydrogens is 274 g/mol. The Bertz CT molecular complexity index is 357. The summed E-state index contributed by atoms with van der Waals surface area (Å²) in [4.78, 5) is 4.31. The standard InChI is InChI=1S/C10H14BrN3S/c11-9-7(4-5-15-9)6-13-10(12)14-8-2-1-3-8/h4-5,8H,1-3,6H2,(H3,12,13,14). The van der Waals surface area contributed by atoms with Gasteiger partial charge in [0.15, 0.2) is 5.96 Å². The Balaban J connectivity index is 1.84. The van der Waals surface area contributed by atoms with Crippen LogP contribution in [0, 0.1) is 0 Å². The molecule has 0 aromatic carbocycles. The van der Waals surface area contributed by atoms with E-state index in [9.17, 15) is 0 Å². The van der Waals surface area contributed by atoms with Gasteiger partial charge in [-0.05, 0) is 52.2 Å². The Hall–Kier alpha value is -0.550. The smallest absolute Gasteiger partial charge is 0.189 e. The Labute approximate surface area is 102 Å². The predicted octanol–water partition coefficient (Wildman–Crippen LogP) is 2.47. The normalized spacial score (nSPS) is 17.5. The molecule has 82 valence electrons. The highest BCUT2D eigenvalue weighted by Gasteiger charge is 2.17. The van der Waals surface area contributed by atoms with Crippen LogP contribution in [0.25, 0.3) is 0 Å². The second kappa shape index (κ2) is 4.99. The minimum atomic E-state index is 0.555. The lowest BCUT2D eigenvalue weighted by Crippen LogP contribution is -2.43. The van der Waals surface area contributed by atoms with Crippen molar-refractivity contribution in [3.05, 3.63) is 20.8 Å². The minimum absolute atomic E-state index is 0.555. The molecule has 0 amide bonds. The van der Waals surface area contributed by atoms with Gasteiger partial charge in [0.05, 0.1) is 10.3 Å². The maximum absolute atomic E-state index is 5.78. The van der Waals surface area contributed by atoms with Gasteiger partial charge in [-0.3, -0.25) is 0 Å². The number of nitrogens with two attached hydrogens (primary N) is 1. The number of nitrogens with one attached hydrogen (secondary N) is 1. The fourth-order valence-electron chi connectivity index (χ4n) is 1.41. The van der Waals surface area contributed by atoms with Crippen LogP contribution >= 0.6 is 27.3 Å². The van der Waals surface area contributed by atoms with Crippen molar-refractivity contribution in [1.82, 2.24) is 5.32 Å². The van der Waals surface area contributed by atoms with E-state index in [1.54, 1.807) is 11.3 Å². The van der Waals surface area contributed by atoms with Crippen LogP contribution in [-0.2, 0) is 6.54 Å². The number of rotatable bonds is 3. The molecule has 0 spiro atoms. The molecule has 0 saturated heterocycles. The van der Waals surface area contributed by atoms with Crippen molar-refractivity contribution in [2.45, 2.75) is 31.8 Å². The maximum Gasteiger partial charge on any atom is 0.189 e. The summed E-state index contributed by atoms with van der Waals surface area (Å²) in [6.45, 7) is 0.648. The molecule has 1 aliphatic carbocycles. The van der Waals surface area contributed by atoms with E-state index in [1.807, 2.05) is 5.38 Å². The van der Waals surface area contributed by atoms with E-state index >= 15 is 0 Å². The van der Waals surface area contributed by atoms with Gasteiger partial charge in [0.2, 0.25) is 0 Å². The highest BCUT2D eigenvalue weighted by Crippen LogP contribution is 2.24. The fourth-order valence-corrected chi connectivity index (χ4v) is 2.63. The third-order valence-corrected chi connectivity index (χ3v) is 4.38. The molecule has 0 radical (unpaired) electrons. The summed E-state index contributed by atoms with van der Waals surface area (Å²) in [6.07, 6.45) is 3.75. The first-order valence-corrected chi connectivity index (χ1v) is 6.71. The molecule has 1 aromatic heterocycles. The van der Waals surface area contributed by atoms with E-state index < -0.39 is 0 Å².